The van der Waals surface area contributed by atoms with E-state index < -0.39 is 14.8 Å². The number of hydrogen-bond donors (Lipinski definition) is 0. The number of hydrogen-bond acceptors (Lipinski definition) is 5. The molecule has 0 bridgehead atoms. The zero-order chi connectivity index (χ0) is 17.0. The van der Waals surface area contributed by atoms with Crippen LogP contribution in [0.2, 0.25) is 0 Å². The van der Waals surface area contributed by atoms with Gasteiger partial charge in [-0.3, -0.25) is 10.1 Å². The fraction of sp³-hybridized carbons (Fsp3) is 0.625. The Labute approximate surface area is 137 Å². The molecule has 0 radical (unpaired) electrons. The van der Waals surface area contributed by atoms with Crippen molar-refractivity contribution in [3.8, 4) is 0 Å². The molecule has 0 N–H and O–H groups in total. The summed E-state index contributed by atoms with van der Waals surface area (Å²) >= 11 is 0. The predicted octanol–water partition coefficient (Wildman–Crippen LogP) is 3.40. The summed E-state index contributed by atoms with van der Waals surface area (Å²) in [6.45, 7) is 0.825. The molecule has 1 aromatic carbocycles. The first-order chi connectivity index (χ1) is 10.8. The van der Waals surface area contributed by atoms with Crippen molar-refractivity contribution >= 4 is 21.2 Å². The molecule has 7 heteroatoms. The number of nitro groups is 1. The SMILES string of the molecule is CN(CCC1CCCCC1)c1ccc([N+](=O)[O-])c(S(C)(=O)=O)c1. The third kappa shape index (κ3) is 4.67. The molecule has 0 aliphatic heterocycles. The van der Waals surface area contributed by atoms with Gasteiger partial charge in [0, 0.05) is 31.6 Å². The third-order valence-corrected chi connectivity index (χ3v) is 5.70. The first-order valence-electron chi connectivity index (χ1n) is 7.98. The summed E-state index contributed by atoms with van der Waals surface area (Å²) in [4.78, 5) is 12.1. The van der Waals surface area contributed by atoms with Gasteiger partial charge in [0.25, 0.3) is 5.69 Å². The molecule has 0 amide bonds. The van der Waals surface area contributed by atoms with E-state index >= 15 is 0 Å². The van der Waals surface area contributed by atoms with Crippen LogP contribution in [0.1, 0.15) is 38.5 Å². The summed E-state index contributed by atoms with van der Waals surface area (Å²) in [5.41, 5.74) is 0.337. The van der Waals surface area contributed by atoms with Crippen molar-refractivity contribution in [3.63, 3.8) is 0 Å². The van der Waals surface area contributed by atoms with E-state index in [-0.39, 0.29) is 10.6 Å². The van der Waals surface area contributed by atoms with Crippen molar-refractivity contribution in [1.82, 2.24) is 0 Å². The summed E-state index contributed by atoms with van der Waals surface area (Å²) in [6.07, 6.45) is 8.52. The van der Waals surface area contributed by atoms with E-state index in [0.29, 0.717) is 5.69 Å². The maximum atomic E-state index is 11.8. The smallest absolute Gasteiger partial charge is 0.288 e. The largest absolute Gasteiger partial charge is 0.375 e. The van der Waals surface area contributed by atoms with Crippen molar-refractivity contribution in [2.75, 3.05) is 24.7 Å². The Balaban J connectivity index is 2.14. The third-order valence-electron chi connectivity index (χ3n) is 4.58. The molecule has 0 heterocycles. The van der Waals surface area contributed by atoms with Gasteiger partial charge in [-0.25, -0.2) is 8.42 Å². The summed E-state index contributed by atoms with van der Waals surface area (Å²) < 4.78 is 23.6. The predicted molar refractivity (Wildman–Crippen MR) is 90.7 cm³/mol. The van der Waals surface area contributed by atoms with E-state index in [4.69, 9.17) is 0 Å². The van der Waals surface area contributed by atoms with Gasteiger partial charge in [-0.15, -0.1) is 0 Å². The summed E-state index contributed by atoms with van der Waals surface area (Å²) in [5.74, 6) is 0.735. The average Bonchev–Trinajstić information content (AvgIpc) is 2.52. The second-order valence-corrected chi connectivity index (χ2v) is 8.38. The standard InChI is InChI=1S/C16H24N2O4S/c1-17(11-10-13-6-4-3-5-7-13)14-8-9-15(18(19)20)16(12-14)23(2,21)22/h8-9,12-13H,3-7,10-11H2,1-2H3. The van der Waals surface area contributed by atoms with E-state index in [1.165, 1.54) is 44.2 Å². The summed E-state index contributed by atoms with van der Waals surface area (Å²) in [5, 5.41) is 11.0. The minimum atomic E-state index is -3.64. The van der Waals surface area contributed by atoms with E-state index in [0.717, 1.165) is 25.1 Å². The van der Waals surface area contributed by atoms with Crippen LogP contribution in [0, 0.1) is 16.0 Å². The summed E-state index contributed by atoms with van der Waals surface area (Å²) in [7, 11) is -1.74. The normalized spacial score (nSPS) is 16.3. The van der Waals surface area contributed by atoms with E-state index in [1.807, 2.05) is 11.9 Å². The zero-order valence-corrected chi connectivity index (χ0v) is 14.5. The van der Waals surface area contributed by atoms with Crippen molar-refractivity contribution in [3.05, 3.63) is 28.3 Å². The van der Waals surface area contributed by atoms with Gasteiger partial charge in [-0.05, 0) is 24.5 Å². The van der Waals surface area contributed by atoms with Gasteiger partial charge in [0.2, 0.25) is 0 Å². The molecule has 1 aliphatic carbocycles. The molecule has 0 aromatic heterocycles. The fourth-order valence-electron chi connectivity index (χ4n) is 3.17. The number of sulfone groups is 1. The van der Waals surface area contributed by atoms with Gasteiger partial charge in [-0.1, -0.05) is 32.1 Å². The van der Waals surface area contributed by atoms with Gasteiger partial charge < -0.3 is 4.90 Å². The number of benzene rings is 1. The molecule has 1 aliphatic rings. The Morgan fingerprint density at radius 3 is 2.48 bits per heavy atom. The van der Waals surface area contributed by atoms with E-state index in [1.54, 1.807) is 6.07 Å². The second-order valence-electron chi connectivity index (χ2n) is 6.40. The van der Waals surface area contributed by atoms with Crippen LogP contribution >= 0.6 is 0 Å². The van der Waals surface area contributed by atoms with Crippen molar-refractivity contribution < 1.29 is 13.3 Å². The summed E-state index contributed by atoms with van der Waals surface area (Å²) in [6, 6.07) is 4.31. The van der Waals surface area contributed by atoms with Gasteiger partial charge >= 0.3 is 0 Å². The molecule has 0 saturated heterocycles. The van der Waals surface area contributed by atoms with Crippen LogP contribution in [0.3, 0.4) is 0 Å². The van der Waals surface area contributed by atoms with Gasteiger partial charge in [0.1, 0.15) is 4.90 Å². The Bertz CT molecular complexity index is 667. The lowest BCUT2D eigenvalue weighted by Gasteiger charge is -2.26. The van der Waals surface area contributed by atoms with E-state index in [2.05, 4.69) is 0 Å². The van der Waals surface area contributed by atoms with E-state index in [9.17, 15) is 18.5 Å². The molecule has 128 valence electrons. The maximum Gasteiger partial charge on any atom is 0.288 e. The number of nitrogens with zero attached hydrogens (tertiary/aromatic N) is 2. The van der Waals surface area contributed by atoms with Crippen LogP contribution in [0.4, 0.5) is 11.4 Å². The lowest BCUT2D eigenvalue weighted by molar-refractivity contribution is -0.387. The Hall–Kier alpha value is -1.63. The topological polar surface area (TPSA) is 80.5 Å². The fourth-order valence-corrected chi connectivity index (χ4v) is 4.03. The molecule has 1 fully saturated rings. The van der Waals surface area contributed by atoms with Gasteiger partial charge in [0.15, 0.2) is 9.84 Å². The number of rotatable bonds is 6. The number of nitro benzene ring substituents is 1. The molecule has 23 heavy (non-hydrogen) atoms. The van der Waals surface area contributed by atoms with Crippen LogP contribution in [0.15, 0.2) is 23.1 Å². The highest BCUT2D eigenvalue weighted by Crippen LogP contribution is 2.30. The lowest BCUT2D eigenvalue weighted by Crippen LogP contribution is -2.22. The monoisotopic (exact) mass is 340 g/mol. The molecular weight excluding hydrogens is 316 g/mol. The molecule has 0 unspecified atom stereocenters. The minimum absolute atomic E-state index is 0.218. The van der Waals surface area contributed by atoms with Crippen molar-refractivity contribution in [2.24, 2.45) is 5.92 Å². The first kappa shape index (κ1) is 17.7. The van der Waals surface area contributed by atoms with Gasteiger partial charge in [0.05, 0.1) is 4.92 Å². The Kier molecular flexibility index (Phi) is 5.62. The Morgan fingerprint density at radius 2 is 1.91 bits per heavy atom. The first-order valence-corrected chi connectivity index (χ1v) is 9.88. The Morgan fingerprint density at radius 1 is 1.26 bits per heavy atom. The van der Waals surface area contributed by atoms with Crippen molar-refractivity contribution in [1.29, 1.82) is 0 Å². The molecule has 6 nitrogen and oxygen atoms in total. The molecule has 2 rings (SSSR count). The number of anilines is 1. The second kappa shape index (κ2) is 7.29. The highest BCUT2D eigenvalue weighted by atomic mass is 32.2. The minimum Gasteiger partial charge on any atom is -0.375 e. The highest BCUT2D eigenvalue weighted by molar-refractivity contribution is 7.90. The maximum absolute atomic E-state index is 11.8. The lowest BCUT2D eigenvalue weighted by atomic mass is 9.87. The quantitative estimate of drug-likeness (QED) is 0.585. The highest BCUT2D eigenvalue weighted by Gasteiger charge is 2.23. The molecule has 0 spiro atoms. The average molecular weight is 340 g/mol. The van der Waals surface area contributed by atoms with Crippen LogP contribution in [-0.4, -0.2) is 33.2 Å². The zero-order valence-electron chi connectivity index (χ0n) is 13.7. The molecule has 1 saturated carbocycles. The molecule has 1 aromatic rings. The van der Waals surface area contributed by atoms with Crippen molar-refractivity contribution in [2.45, 2.75) is 43.4 Å². The molecular formula is C16H24N2O4S. The molecule has 0 atom stereocenters. The van der Waals surface area contributed by atoms with Crippen LogP contribution in [-0.2, 0) is 9.84 Å². The van der Waals surface area contributed by atoms with Gasteiger partial charge in [-0.2, -0.15) is 0 Å². The van der Waals surface area contributed by atoms with Crippen LogP contribution in [0.25, 0.3) is 0 Å². The van der Waals surface area contributed by atoms with Crippen LogP contribution < -0.4 is 4.90 Å². The van der Waals surface area contributed by atoms with Crippen LogP contribution in [0.5, 0.6) is 0 Å².